The van der Waals surface area contributed by atoms with E-state index in [9.17, 15) is 4.79 Å². The van der Waals surface area contributed by atoms with Gasteiger partial charge in [0.2, 0.25) is 0 Å². The highest BCUT2D eigenvalue weighted by molar-refractivity contribution is 6.01. The van der Waals surface area contributed by atoms with Crippen molar-refractivity contribution in [2.24, 2.45) is 5.92 Å². The highest BCUT2D eigenvalue weighted by Gasteiger charge is 2.25. The van der Waals surface area contributed by atoms with Gasteiger partial charge in [0.25, 0.3) is 5.91 Å². The molecule has 0 unspecified atom stereocenters. The summed E-state index contributed by atoms with van der Waals surface area (Å²) in [6.07, 6.45) is 10.9. The molecule has 192 valence electrons. The number of carbonyl (C=O) groups is 1. The first-order valence-electron chi connectivity index (χ1n) is 14.1. The maximum Gasteiger partial charge on any atom is 0.267 e. The average molecular weight is 481 g/mol. The van der Waals surface area contributed by atoms with Crippen molar-refractivity contribution < 1.29 is 9.53 Å². The summed E-state index contributed by atoms with van der Waals surface area (Å²) in [4.78, 5) is 21.9. The Morgan fingerprint density at radius 2 is 1.71 bits per heavy atom. The summed E-state index contributed by atoms with van der Waals surface area (Å²) in [6, 6.07) is 4.48. The largest absolute Gasteiger partial charge is 0.493 e. The summed E-state index contributed by atoms with van der Waals surface area (Å²) < 4.78 is 6.17. The first-order valence-corrected chi connectivity index (χ1v) is 14.1. The second kappa shape index (κ2) is 11.3. The van der Waals surface area contributed by atoms with Crippen LogP contribution in [0.2, 0.25) is 0 Å². The van der Waals surface area contributed by atoms with Gasteiger partial charge in [-0.3, -0.25) is 4.79 Å². The molecule has 0 spiro atoms. The van der Waals surface area contributed by atoms with E-state index in [4.69, 9.17) is 4.74 Å². The molecule has 2 N–H and O–H groups in total. The van der Waals surface area contributed by atoms with Gasteiger partial charge in [0, 0.05) is 37.6 Å². The molecule has 0 saturated carbocycles. The Morgan fingerprint density at radius 1 is 1.00 bits per heavy atom. The van der Waals surface area contributed by atoms with Crippen LogP contribution >= 0.6 is 0 Å². The number of aryl methyl sites for hydroxylation is 2. The highest BCUT2D eigenvalue weighted by atomic mass is 16.5. The molecule has 1 aliphatic carbocycles. The quantitative estimate of drug-likeness (QED) is 0.572. The number of carbonyl (C=O) groups excluding carboxylic acids is 1. The Labute approximate surface area is 210 Å². The van der Waals surface area contributed by atoms with Crippen LogP contribution < -0.4 is 10.1 Å². The van der Waals surface area contributed by atoms with Gasteiger partial charge in [-0.1, -0.05) is 26.7 Å². The molecule has 3 heterocycles. The van der Waals surface area contributed by atoms with Crippen molar-refractivity contribution in [1.29, 1.82) is 0 Å². The van der Waals surface area contributed by atoms with Gasteiger partial charge >= 0.3 is 0 Å². The smallest absolute Gasteiger partial charge is 0.267 e. The monoisotopic (exact) mass is 480 g/mol. The summed E-state index contributed by atoms with van der Waals surface area (Å²) >= 11 is 0. The number of fused-ring (bicyclic) bond motifs is 3. The SMILES string of the molecule is CC(C)COc1cc2c(c3[nH]c(C(=O)NC4CCN(CCN5CCCCCC5)CC4)cc13)CCC2. The topological polar surface area (TPSA) is 60.6 Å². The van der Waals surface area contributed by atoms with Crippen LogP contribution in [0.5, 0.6) is 5.75 Å². The van der Waals surface area contributed by atoms with Crippen LogP contribution in [-0.2, 0) is 12.8 Å². The van der Waals surface area contributed by atoms with Gasteiger partial charge in [0.1, 0.15) is 11.4 Å². The van der Waals surface area contributed by atoms with Crippen LogP contribution in [-0.4, -0.2) is 72.6 Å². The zero-order valence-corrected chi connectivity index (χ0v) is 21.8. The Morgan fingerprint density at radius 3 is 2.43 bits per heavy atom. The number of amides is 1. The Kier molecular flexibility index (Phi) is 7.98. The van der Waals surface area contributed by atoms with Crippen molar-refractivity contribution in [2.75, 3.05) is 45.9 Å². The second-order valence-electron chi connectivity index (χ2n) is 11.4. The molecule has 2 aliphatic heterocycles. The van der Waals surface area contributed by atoms with Gasteiger partial charge in [0.05, 0.1) is 12.1 Å². The fraction of sp³-hybridized carbons (Fsp3) is 0.690. The zero-order chi connectivity index (χ0) is 24.2. The van der Waals surface area contributed by atoms with Crippen LogP contribution in [0.3, 0.4) is 0 Å². The lowest BCUT2D eigenvalue weighted by atomic mass is 10.0. The lowest BCUT2D eigenvalue weighted by molar-refractivity contribution is 0.0902. The van der Waals surface area contributed by atoms with E-state index in [0.717, 1.165) is 62.0 Å². The Balaban J connectivity index is 1.17. The van der Waals surface area contributed by atoms with E-state index in [1.165, 1.54) is 62.9 Å². The number of aromatic nitrogens is 1. The van der Waals surface area contributed by atoms with Crippen LogP contribution in [0.15, 0.2) is 12.1 Å². The predicted molar refractivity (Wildman–Crippen MR) is 142 cm³/mol. The van der Waals surface area contributed by atoms with E-state index in [-0.39, 0.29) is 11.9 Å². The third-order valence-electron chi connectivity index (χ3n) is 8.12. The van der Waals surface area contributed by atoms with E-state index < -0.39 is 0 Å². The fourth-order valence-corrected chi connectivity index (χ4v) is 6.04. The molecule has 5 rings (SSSR count). The van der Waals surface area contributed by atoms with E-state index in [2.05, 4.69) is 40.0 Å². The number of nitrogens with one attached hydrogen (secondary N) is 2. The van der Waals surface area contributed by atoms with Crippen LogP contribution in [0.25, 0.3) is 10.9 Å². The third kappa shape index (κ3) is 6.03. The molecule has 6 heteroatoms. The number of H-pyrrole nitrogens is 1. The van der Waals surface area contributed by atoms with Crippen molar-refractivity contribution in [3.05, 3.63) is 29.0 Å². The van der Waals surface area contributed by atoms with Gasteiger partial charge < -0.3 is 24.8 Å². The predicted octanol–water partition coefficient (Wildman–Crippen LogP) is 4.76. The summed E-state index contributed by atoms with van der Waals surface area (Å²) in [7, 11) is 0. The van der Waals surface area contributed by atoms with Crippen molar-refractivity contribution in [2.45, 2.75) is 77.7 Å². The highest BCUT2D eigenvalue weighted by Crippen LogP contribution is 2.37. The molecule has 1 aromatic heterocycles. The molecule has 6 nitrogen and oxygen atoms in total. The number of likely N-dealkylation sites (tertiary alicyclic amines) is 2. The normalized spacial score (nSPS) is 20.3. The number of rotatable bonds is 8. The van der Waals surface area contributed by atoms with Gasteiger partial charge in [-0.2, -0.15) is 0 Å². The van der Waals surface area contributed by atoms with Crippen LogP contribution in [0, 0.1) is 5.92 Å². The van der Waals surface area contributed by atoms with Gasteiger partial charge in [0.15, 0.2) is 0 Å². The molecular formula is C29H44N4O2. The lowest BCUT2D eigenvalue weighted by Crippen LogP contribution is -2.46. The number of ether oxygens (including phenoxy) is 1. The number of hydrogen-bond donors (Lipinski definition) is 2. The molecule has 0 radical (unpaired) electrons. The lowest BCUT2D eigenvalue weighted by Gasteiger charge is -2.33. The molecule has 0 bridgehead atoms. The zero-order valence-electron chi connectivity index (χ0n) is 21.8. The standard InChI is InChI=1S/C29H44N4O2/c1-21(2)20-35-27-18-22-8-7-9-24(22)28-25(27)19-26(31-28)29(34)30-23-10-14-33(15-11-23)17-16-32-12-5-3-4-6-13-32/h18-19,21,23,31H,3-17,20H2,1-2H3,(H,30,34). The fourth-order valence-electron chi connectivity index (χ4n) is 6.04. The molecule has 2 aromatic rings. The molecule has 2 saturated heterocycles. The van der Waals surface area contributed by atoms with Crippen LogP contribution in [0.4, 0.5) is 0 Å². The van der Waals surface area contributed by atoms with E-state index >= 15 is 0 Å². The van der Waals surface area contributed by atoms with Crippen LogP contribution in [0.1, 0.15) is 80.4 Å². The summed E-state index contributed by atoms with van der Waals surface area (Å²) in [5, 5.41) is 4.38. The molecule has 3 aliphatic rings. The summed E-state index contributed by atoms with van der Waals surface area (Å²) in [6.45, 7) is 12.1. The Hall–Kier alpha value is -2.05. The molecule has 2 fully saturated rings. The minimum atomic E-state index is 0.0192. The van der Waals surface area contributed by atoms with Crippen molar-refractivity contribution >= 4 is 16.8 Å². The number of nitrogens with zero attached hydrogens (tertiary/aromatic N) is 2. The minimum absolute atomic E-state index is 0.0192. The van der Waals surface area contributed by atoms with Gasteiger partial charge in [-0.25, -0.2) is 0 Å². The van der Waals surface area contributed by atoms with E-state index in [0.29, 0.717) is 18.2 Å². The van der Waals surface area contributed by atoms with Crippen molar-refractivity contribution in [3.63, 3.8) is 0 Å². The van der Waals surface area contributed by atoms with E-state index in [1.54, 1.807) is 0 Å². The maximum atomic E-state index is 13.2. The third-order valence-corrected chi connectivity index (χ3v) is 8.12. The average Bonchev–Trinajstić information content (AvgIpc) is 3.42. The van der Waals surface area contributed by atoms with Crippen molar-refractivity contribution in [1.82, 2.24) is 20.1 Å². The number of aromatic amines is 1. The molecular weight excluding hydrogens is 436 g/mol. The van der Waals surface area contributed by atoms with Crippen molar-refractivity contribution in [3.8, 4) is 5.75 Å². The summed E-state index contributed by atoms with van der Waals surface area (Å²) in [5.74, 6) is 1.41. The molecule has 0 atom stereocenters. The number of benzene rings is 1. The summed E-state index contributed by atoms with van der Waals surface area (Å²) in [5.41, 5.74) is 4.51. The maximum absolute atomic E-state index is 13.2. The first kappa shape index (κ1) is 24.6. The molecule has 1 aromatic carbocycles. The van der Waals surface area contributed by atoms with E-state index in [1.807, 2.05) is 6.07 Å². The number of piperidine rings is 1. The molecule has 1 amide bonds. The minimum Gasteiger partial charge on any atom is -0.493 e. The number of hydrogen-bond acceptors (Lipinski definition) is 4. The first-order chi connectivity index (χ1) is 17.1. The van der Waals surface area contributed by atoms with Gasteiger partial charge in [-0.05, 0) is 87.2 Å². The second-order valence-corrected chi connectivity index (χ2v) is 11.4. The Bertz CT molecular complexity index is 998. The van der Waals surface area contributed by atoms with Gasteiger partial charge in [-0.15, -0.1) is 0 Å². The molecule has 35 heavy (non-hydrogen) atoms.